The molecule has 2 aromatic rings. The number of nitrogens with one attached hydrogen (secondary N) is 1. The van der Waals surface area contributed by atoms with Crippen molar-refractivity contribution in [1.82, 2.24) is 4.57 Å². The Labute approximate surface area is 117 Å². The Kier molecular flexibility index (Phi) is 3.91. The zero-order valence-electron chi connectivity index (χ0n) is 10.9. The van der Waals surface area contributed by atoms with Crippen molar-refractivity contribution in [2.45, 2.75) is 18.4 Å². The van der Waals surface area contributed by atoms with Crippen LogP contribution in [0.3, 0.4) is 0 Å². The standard InChI is InChI=1S/C13H15N3O3S/c1-2-16-9-5-7-11(16)13(17)15-10-6-3-4-8-12(10)20(14,18)19/h3-9H,2H2,1H3,(H,15,17)(H2,14,18,19). The van der Waals surface area contributed by atoms with Gasteiger partial charge in [0.2, 0.25) is 10.0 Å². The first-order valence-electron chi connectivity index (χ1n) is 6.02. The molecule has 7 heteroatoms. The van der Waals surface area contributed by atoms with Gasteiger partial charge >= 0.3 is 0 Å². The summed E-state index contributed by atoms with van der Waals surface area (Å²) in [5, 5.41) is 7.70. The highest BCUT2D eigenvalue weighted by Gasteiger charge is 2.17. The summed E-state index contributed by atoms with van der Waals surface area (Å²) in [6.07, 6.45) is 1.78. The highest BCUT2D eigenvalue weighted by molar-refractivity contribution is 7.89. The van der Waals surface area contributed by atoms with E-state index in [0.717, 1.165) is 0 Å². The molecule has 0 atom stereocenters. The number of anilines is 1. The van der Waals surface area contributed by atoms with Crippen molar-refractivity contribution in [3.63, 3.8) is 0 Å². The van der Waals surface area contributed by atoms with Crippen LogP contribution in [-0.2, 0) is 16.6 Å². The molecular formula is C13H15N3O3S. The fourth-order valence-electron chi connectivity index (χ4n) is 1.90. The number of para-hydroxylation sites is 1. The molecular weight excluding hydrogens is 278 g/mol. The second-order valence-corrected chi connectivity index (χ2v) is 5.70. The van der Waals surface area contributed by atoms with Gasteiger partial charge in [0.15, 0.2) is 0 Å². The topological polar surface area (TPSA) is 94.2 Å². The Morgan fingerprint density at radius 2 is 1.95 bits per heavy atom. The van der Waals surface area contributed by atoms with E-state index in [4.69, 9.17) is 5.14 Å². The number of benzene rings is 1. The van der Waals surface area contributed by atoms with Gasteiger partial charge in [0.1, 0.15) is 10.6 Å². The number of nitrogens with zero attached hydrogens (tertiary/aromatic N) is 1. The van der Waals surface area contributed by atoms with Crippen LogP contribution >= 0.6 is 0 Å². The van der Waals surface area contributed by atoms with Gasteiger partial charge in [-0.15, -0.1) is 0 Å². The van der Waals surface area contributed by atoms with Gasteiger partial charge < -0.3 is 9.88 Å². The molecule has 2 rings (SSSR count). The van der Waals surface area contributed by atoms with Crippen LogP contribution in [0.15, 0.2) is 47.5 Å². The van der Waals surface area contributed by atoms with E-state index in [-0.39, 0.29) is 16.5 Å². The van der Waals surface area contributed by atoms with Gasteiger partial charge in [-0.25, -0.2) is 13.6 Å². The number of aromatic nitrogens is 1. The third-order valence-electron chi connectivity index (χ3n) is 2.84. The highest BCUT2D eigenvalue weighted by atomic mass is 32.2. The van der Waals surface area contributed by atoms with E-state index in [9.17, 15) is 13.2 Å². The van der Waals surface area contributed by atoms with Crippen LogP contribution in [0.2, 0.25) is 0 Å². The second-order valence-electron chi connectivity index (χ2n) is 4.17. The average Bonchev–Trinajstić information content (AvgIpc) is 2.86. The Balaban J connectivity index is 2.34. The van der Waals surface area contributed by atoms with Gasteiger partial charge in [0.05, 0.1) is 5.69 Å². The Morgan fingerprint density at radius 1 is 1.25 bits per heavy atom. The maximum atomic E-state index is 12.2. The Bertz CT molecular complexity index is 735. The van der Waals surface area contributed by atoms with Crippen LogP contribution in [0.5, 0.6) is 0 Å². The number of sulfonamides is 1. The quantitative estimate of drug-likeness (QED) is 0.892. The van der Waals surface area contributed by atoms with Crippen molar-refractivity contribution < 1.29 is 13.2 Å². The zero-order chi connectivity index (χ0) is 14.8. The summed E-state index contributed by atoms with van der Waals surface area (Å²) in [4.78, 5) is 12.1. The number of aryl methyl sites for hydroxylation is 1. The fraction of sp³-hybridized carbons (Fsp3) is 0.154. The van der Waals surface area contributed by atoms with Gasteiger partial charge in [0.25, 0.3) is 5.91 Å². The van der Waals surface area contributed by atoms with Crippen LogP contribution in [0.25, 0.3) is 0 Å². The smallest absolute Gasteiger partial charge is 0.272 e. The van der Waals surface area contributed by atoms with Gasteiger partial charge in [-0.1, -0.05) is 12.1 Å². The van der Waals surface area contributed by atoms with Crippen LogP contribution in [-0.4, -0.2) is 18.9 Å². The number of hydrogen-bond donors (Lipinski definition) is 2. The van der Waals surface area contributed by atoms with Gasteiger partial charge in [-0.2, -0.15) is 0 Å². The van der Waals surface area contributed by atoms with Crippen molar-refractivity contribution >= 4 is 21.6 Å². The van der Waals surface area contributed by atoms with E-state index in [1.807, 2.05) is 6.92 Å². The van der Waals surface area contributed by atoms with E-state index in [1.165, 1.54) is 12.1 Å². The zero-order valence-corrected chi connectivity index (χ0v) is 11.7. The summed E-state index contributed by atoms with van der Waals surface area (Å²) in [6, 6.07) is 9.44. The normalized spacial score (nSPS) is 11.3. The molecule has 0 saturated heterocycles. The minimum atomic E-state index is -3.89. The number of hydrogen-bond acceptors (Lipinski definition) is 3. The molecule has 0 unspecified atom stereocenters. The van der Waals surface area contributed by atoms with Crippen LogP contribution in [0, 0.1) is 0 Å². The Hall–Kier alpha value is -2.12. The first kappa shape index (κ1) is 14.3. The maximum Gasteiger partial charge on any atom is 0.272 e. The van der Waals surface area contributed by atoms with E-state index in [1.54, 1.807) is 35.0 Å². The second kappa shape index (κ2) is 5.48. The summed E-state index contributed by atoms with van der Waals surface area (Å²) in [5.41, 5.74) is 0.626. The lowest BCUT2D eigenvalue weighted by Crippen LogP contribution is -2.20. The van der Waals surface area contributed by atoms with E-state index < -0.39 is 10.0 Å². The number of amides is 1. The molecule has 0 spiro atoms. The molecule has 0 fully saturated rings. The number of nitrogens with two attached hydrogens (primary N) is 1. The fourth-order valence-corrected chi connectivity index (χ4v) is 2.59. The molecule has 1 aromatic carbocycles. The lowest BCUT2D eigenvalue weighted by atomic mass is 10.3. The maximum absolute atomic E-state index is 12.2. The molecule has 0 aliphatic heterocycles. The lowest BCUT2D eigenvalue weighted by Gasteiger charge is -2.10. The molecule has 1 heterocycles. The van der Waals surface area contributed by atoms with Gasteiger partial charge in [-0.3, -0.25) is 4.79 Å². The third-order valence-corrected chi connectivity index (χ3v) is 3.81. The van der Waals surface area contributed by atoms with Gasteiger partial charge in [-0.05, 0) is 31.2 Å². The average molecular weight is 293 g/mol. The Morgan fingerprint density at radius 3 is 2.60 bits per heavy atom. The number of rotatable bonds is 4. The first-order chi connectivity index (χ1) is 9.43. The molecule has 3 N–H and O–H groups in total. The molecule has 0 aliphatic carbocycles. The third kappa shape index (κ3) is 2.89. The molecule has 20 heavy (non-hydrogen) atoms. The predicted octanol–water partition coefficient (Wildman–Crippen LogP) is 1.41. The van der Waals surface area contributed by atoms with Crippen LogP contribution < -0.4 is 10.5 Å². The minimum Gasteiger partial charge on any atom is -0.344 e. The van der Waals surface area contributed by atoms with E-state index >= 15 is 0 Å². The van der Waals surface area contributed by atoms with Gasteiger partial charge in [0, 0.05) is 12.7 Å². The van der Waals surface area contributed by atoms with Crippen molar-refractivity contribution in [2.75, 3.05) is 5.32 Å². The molecule has 0 aliphatic rings. The largest absolute Gasteiger partial charge is 0.344 e. The van der Waals surface area contributed by atoms with Crippen LogP contribution in [0.1, 0.15) is 17.4 Å². The number of carbonyl (C=O) groups is 1. The van der Waals surface area contributed by atoms with Crippen molar-refractivity contribution in [1.29, 1.82) is 0 Å². The van der Waals surface area contributed by atoms with E-state index in [2.05, 4.69) is 5.32 Å². The van der Waals surface area contributed by atoms with Crippen molar-refractivity contribution in [3.8, 4) is 0 Å². The molecule has 1 amide bonds. The summed E-state index contributed by atoms with van der Waals surface area (Å²) >= 11 is 0. The number of carbonyl (C=O) groups excluding carboxylic acids is 1. The van der Waals surface area contributed by atoms with E-state index in [0.29, 0.717) is 12.2 Å². The molecule has 0 radical (unpaired) electrons. The first-order valence-corrected chi connectivity index (χ1v) is 7.56. The minimum absolute atomic E-state index is 0.108. The molecule has 106 valence electrons. The lowest BCUT2D eigenvalue weighted by molar-refractivity contribution is 0.101. The monoisotopic (exact) mass is 293 g/mol. The highest BCUT2D eigenvalue weighted by Crippen LogP contribution is 2.20. The molecule has 6 nitrogen and oxygen atoms in total. The molecule has 1 aromatic heterocycles. The summed E-state index contributed by atoms with van der Waals surface area (Å²) < 4.78 is 24.7. The predicted molar refractivity (Wildman–Crippen MR) is 75.9 cm³/mol. The summed E-state index contributed by atoms with van der Waals surface area (Å²) in [7, 11) is -3.89. The van der Waals surface area contributed by atoms with Crippen molar-refractivity contribution in [3.05, 3.63) is 48.3 Å². The van der Waals surface area contributed by atoms with Crippen LogP contribution in [0.4, 0.5) is 5.69 Å². The summed E-state index contributed by atoms with van der Waals surface area (Å²) in [5.74, 6) is -0.382. The summed E-state index contributed by atoms with van der Waals surface area (Å²) in [6.45, 7) is 2.56. The number of primary sulfonamides is 1. The molecule has 0 saturated carbocycles. The molecule has 0 bridgehead atoms. The SMILES string of the molecule is CCn1cccc1C(=O)Nc1ccccc1S(N)(=O)=O. The van der Waals surface area contributed by atoms with Crippen molar-refractivity contribution in [2.24, 2.45) is 5.14 Å².